The first-order valence-electron chi connectivity index (χ1n) is 7.98. The number of halogens is 1. The van der Waals surface area contributed by atoms with E-state index in [2.05, 4.69) is 0 Å². The molecule has 0 radical (unpaired) electrons. The van der Waals surface area contributed by atoms with Crippen molar-refractivity contribution in [2.75, 3.05) is 20.7 Å². The fourth-order valence-corrected chi connectivity index (χ4v) is 4.32. The summed E-state index contributed by atoms with van der Waals surface area (Å²) in [4.78, 5) is 25.9. The number of benzene rings is 2. The zero-order chi connectivity index (χ0) is 19.8. The Morgan fingerprint density at radius 2 is 1.93 bits per heavy atom. The van der Waals surface area contributed by atoms with Gasteiger partial charge in [0.1, 0.15) is 11.4 Å². The molecule has 1 aliphatic heterocycles. The van der Waals surface area contributed by atoms with Gasteiger partial charge in [0, 0.05) is 13.6 Å². The number of hydrogen-bond donors (Lipinski definition) is 0. The average Bonchev–Trinajstić information content (AvgIpc) is 2.83. The molecule has 9 heteroatoms. The summed E-state index contributed by atoms with van der Waals surface area (Å²) in [6.07, 6.45) is 0. The fraction of sp³-hybridized carbons (Fsp3) is 0.222. The quantitative estimate of drug-likeness (QED) is 0.772. The Bertz CT molecular complexity index is 1020. The number of fused-ring (bicyclic) bond motifs is 1. The molecule has 1 heterocycles. The van der Waals surface area contributed by atoms with Gasteiger partial charge in [-0.1, -0.05) is 18.2 Å². The molecule has 2 aromatic carbocycles. The van der Waals surface area contributed by atoms with Crippen molar-refractivity contribution in [1.29, 1.82) is 0 Å². The van der Waals surface area contributed by atoms with Gasteiger partial charge in [-0.15, -0.1) is 0 Å². The maximum Gasteiger partial charge on any atom is 0.269 e. The van der Waals surface area contributed by atoms with Crippen LogP contribution in [0.15, 0.2) is 47.4 Å². The Morgan fingerprint density at radius 1 is 1.22 bits per heavy atom. The van der Waals surface area contributed by atoms with Gasteiger partial charge in [-0.2, -0.15) is 0 Å². The maximum absolute atomic E-state index is 13.8. The van der Waals surface area contributed by atoms with Gasteiger partial charge in [-0.25, -0.2) is 17.1 Å². The van der Waals surface area contributed by atoms with E-state index >= 15 is 0 Å². The van der Waals surface area contributed by atoms with Crippen molar-refractivity contribution in [2.24, 2.45) is 0 Å². The molecule has 2 aromatic rings. The number of hydrogen-bond acceptors (Lipinski definition) is 5. The van der Waals surface area contributed by atoms with E-state index in [1.807, 2.05) is 0 Å². The smallest absolute Gasteiger partial charge is 0.269 e. The summed E-state index contributed by atoms with van der Waals surface area (Å²) < 4.78 is 44.2. The van der Waals surface area contributed by atoms with Crippen LogP contribution in [0, 0.1) is 5.82 Å². The number of methoxy groups -OCH3 is 1. The summed E-state index contributed by atoms with van der Waals surface area (Å²) in [5, 5.41) is 0. The standard InChI is InChI=1S/C18H17FN2O5S/c1-20(10-12-7-8-15(26-2)14(19)9-12)17(22)11-21-18(23)13-5-3-4-6-16(13)27(21,24)25/h3-9H,10-11H2,1-2H3. The minimum absolute atomic E-state index is 0.0465. The lowest BCUT2D eigenvalue weighted by molar-refractivity contribution is -0.130. The Labute approximate surface area is 156 Å². The SMILES string of the molecule is COc1ccc(CN(C)C(=O)CN2C(=O)c3ccccc3S2(=O)=O)cc1F. The molecule has 0 bridgehead atoms. The first kappa shape index (κ1) is 18.8. The van der Waals surface area contributed by atoms with Crippen molar-refractivity contribution >= 4 is 21.8 Å². The van der Waals surface area contributed by atoms with Gasteiger partial charge in [-0.05, 0) is 29.8 Å². The van der Waals surface area contributed by atoms with Crippen LogP contribution in [0.3, 0.4) is 0 Å². The highest BCUT2D eigenvalue weighted by Gasteiger charge is 2.42. The number of ether oxygens (including phenoxy) is 1. The zero-order valence-corrected chi connectivity index (χ0v) is 15.5. The number of nitrogens with zero attached hydrogens (tertiary/aromatic N) is 2. The molecule has 0 saturated heterocycles. The average molecular weight is 392 g/mol. The van der Waals surface area contributed by atoms with E-state index in [4.69, 9.17) is 4.74 Å². The minimum atomic E-state index is -4.05. The van der Waals surface area contributed by atoms with Crippen LogP contribution in [-0.4, -0.2) is 50.1 Å². The lowest BCUT2D eigenvalue weighted by Gasteiger charge is -2.21. The fourth-order valence-electron chi connectivity index (χ4n) is 2.80. The summed E-state index contributed by atoms with van der Waals surface area (Å²) >= 11 is 0. The number of carbonyl (C=O) groups is 2. The lowest BCUT2D eigenvalue weighted by atomic mass is 10.2. The van der Waals surface area contributed by atoms with Crippen LogP contribution in [-0.2, 0) is 21.4 Å². The highest BCUT2D eigenvalue weighted by atomic mass is 32.2. The Kier molecular flexibility index (Phi) is 4.88. The third kappa shape index (κ3) is 3.37. The highest BCUT2D eigenvalue weighted by molar-refractivity contribution is 7.90. The number of carbonyl (C=O) groups excluding carboxylic acids is 2. The van der Waals surface area contributed by atoms with Crippen LogP contribution in [0.4, 0.5) is 4.39 Å². The van der Waals surface area contributed by atoms with Gasteiger partial charge in [0.05, 0.1) is 12.7 Å². The molecule has 0 fully saturated rings. The second-order valence-corrected chi connectivity index (χ2v) is 7.86. The number of rotatable bonds is 5. The predicted octanol–water partition coefficient (Wildman–Crippen LogP) is 1.64. The third-order valence-corrected chi connectivity index (χ3v) is 6.04. The largest absolute Gasteiger partial charge is 0.494 e. The number of amides is 2. The molecular weight excluding hydrogens is 375 g/mol. The molecule has 0 saturated carbocycles. The van der Waals surface area contributed by atoms with Gasteiger partial charge in [0.15, 0.2) is 11.6 Å². The molecule has 7 nitrogen and oxygen atoms in total. The van der Waals surface area contributed by atoms with E-state index in [9.17, 15) is 22.4 Å². The molecule has 27 heavy (non-hydrogen) atoms. The normalized spacial score (nSPS) is 14.8. The van der Waals surface area contributed by atoms with Gasteiger partial charge >= 0.3 is 0 Å². The van der Waals surface area contributed by atoms with Crippen molar-refractivity contribution in [3.8, 4) is 5.75 Å². The van der Waals surface area contributed by atoms with Crippen molar-refractivity contribution in [3.05, 3.63) is 59.4 Å². The zero-order valence-electron chi connectivity index (χ0n) is 14.7. The Balaban J connectivity index is 1.74. The second-order valence-electron chi connectivity index (χ2n) is 6.03. The topological polar surface area (TPSA) is 84.0 Å². The Morgan fingerprint density at radius 3 is 2.56 bits per heavy atom. The van der Waals surface area contributed by atoms with Crippen molar-refractivity contribution in [2.45, 2.75) is 11.4 Å². The molecule has 1 aliphatic rings. The van der Waals surface area contributed by atoms with Crippen molar-refractivity contribution in [1.82, 2.24) is 9.21 Å². The minimum Gasteiger partial charge on any atom is -0.494 e. The molecule has 142 valence electrons. The molecule has 0 N–H and O–H groups in total. The molecule has 2 amide bonds. The Hall–Kier alpha value is -2.94. The molecule has 0 atom stereocenters. The van der Waals surface area contributed by atoms with Gasteiger partial charge in [0.25, 0.3) is 15.9 Å². The predicted molar refractivity (Wildman–Crippen MR) is 94.1 cm³/mol. The van der Waals surface area contributed by atoms with Crippen LogP contribution in [0.2, 0.25) is 0 Å². The van der Waals surface area contributed by atoms with E-state index in [1.165, 1.54) is 49.4 Å². The van der Waals surface area contributed by atoms with Crippen LogP contribution < -0.4 is 4.74 Å². The van der Waals surface area contributed by atoms with Crippen LogP contribution in [0.5, 0.6) is 5.75 Å². The second kappa shape index (κ2) is 6.99. The van der Waals surface area contributed by atoms with Gasteiger partial charge in [-0.3, -0.25) is 9.59 Å². The molecule has 0 spiro atoms. The lowest BCUT2D eigenvalue weighted by Crippen LogP contribution is -2.40. The van der Waals surface area contributed by atoms with E-state index in [-0.39, 0.29) is 22.8 Å². The summed E-state index contributed by atoms with van der Waals surface area (Å²) in [6.45, 7) is -0.570. The van der Waals surface area contributed by atoms with Crippen LogP contribution in [0.1, 0.15) is 15.9 Å². The molecule has 0 aliphatic carbocycles. The molecule has 0 unspecified atom stereocenters. The van der Waals surface area contributed by atoms with Gasteiger partial charge < -0.3 is 9.64 Å². The highest BCUT2D eigenvalue weighted by Crippen LogP contribution is 2.29. The first-order valence-corrected chi connectivity index (χ1v) is 9.42. The molecular formula is C18H17FN2O5S. The molecule has 0 aromatic heterocycles. The first-order chi connectivity index (χ1) is 12.8. The van der Waals surface area contributed by atoms with Crippen molar-refractivity contribution in [3.63, 3.8) is 0 Å². The monoisotopic (exact) mass is 392 g/mol. The number of likely N-dealkylation sites (N-methyl/N-ethyl adjacent to an activating group) is 1. The van der Waals surface area contributed by atoms with E-state index in [0.29, 0.717) is 9.87 Å². The van der Waals surface area contributed by atoms with E-state index < -0.39 is 34.2 Å². The van der Waals surface area contributed by atoms with Crippen LogP contribution >= 0.6 is 0 Å². The summed E-state index contributed by atoms with van der Waals surface area (Å²) in [6, 6.07) is 10.1. The summed E-state index contributed by atoms with van der Waals surface area (Å²) in [5.41, 5.74) is 0.549. The third-order valence-electron chi connectivity index (χ3n) is 4.25. The summed E-state index contributed by atoms with van der Waals surface area (Å²) in [5.74, 6) is -1.80. The maximum atomic E-state index is 13.8. The molecule has 3 rings (SSSR count). The van der Waals surface area contributed by atoms with E-state index in [1.54, 1.807) is 12.1 Å². The van der Waals surface area contributed by atoms with E-state index in [0.717, 1.165) is 0 Å². The van der Waals surface area contributed by atoms with Crippen molar-refractivity contribution < 1.29 is 27.1 Å². The summed E-state index contributed by atoms with van der Waals surface area (Å²) in [7, 11) is -1.26. The van der Waals surface area contributed by atoms with Gasteiger partial charge in [0.2, 0.25) is 5.91 Å². The van der Waals surface area contributed by atoms with Crippen LogP contribution in [0.25, 0.3) is 0 Å². The number of sulfonamides is 1.